The quantitative estimate of drug-likeness (QED) is 0.329. The Morgan fingerprint density at radius 3 is 1.82 bits per heavy atom. The molecule has 0 fully saturated rings. The maximum Gasteiger partial charge on any atom is 0.0434 e. The van der Waals surface area contributed by atoms with Crippen LogP contribution in [0.4, 0.5) is 0 Å². The molecule has 1 nitrogen and oxygen atoms in total. The van der Waals surface area contributed by atoms with E-state index in [9.17, 15) is 0 Å². The Hall–Kier alpha value is -0.850. The molecule has 0 N–H and O–H groups in total. The molecule has 1 unspecified atom stereocenters. The highest BCUT2D eigenvalue weighted by atomic mass is 14.7. The lowest BCUT2D eigenvalue weighted by molar-refractivity contribution is 0.483. The number of hydrogen-bond donors (Lipinski definition) is 0. The summed E-state index contributed by atoms with van der Waals surface area (Å²) in [6, 6.07) is 6.41. The molecule has 126 valence electrons. The number of pyridine rings is 1. The third kappa shape index (κ3) is 9.23. The second-order valence-corrected chi connectivity index (χ2v) is 6.71. The van der Waals surface area contributed by atoms with Crippen molar-refractivity contribution in [2.24, 2.45) is 0 Å². The van der Waals surface area contributed by atoms with E-state index in [1.54, 1.807) is 0 Å². The fourth-order valence-electron chi connectivity index (χ4n) is 3.22. The summed E-state index contributed by atoms with van der Waals surface area (Å²) >= 11 is 0. The molecule has 0 aliphatic heterocycles. The molecular formula is C21H37N. The standard InChI is InChI=1S/C21H37N/c1-3-5-7-9-10-11-13-17-20(16-12-8-6-4-2)21-18-14-15-19-22-21/h14-15,18-20H,3-13,16-17H2,1-2H3. The topological polar surface area (TPSA) is 12.9 Å². The first-order chi connectivity index (χ1) is 10.9. The highest BCUT2D eigenvalue weighted by molar-refractivity contribution is 5.09. The van der Waals surface area contributed by atoms with E-state index < -0.39 is 0 Å². The molecule has 0 bridgehead atoms. The van der Waals surface area contributed by atoms with Gasteiger partial charge in [0.05, 0.1) is 0 Å². The van der Waals surface area contributed by atoms with E-state index >= 15 is 0 Å². The first-order valence-electron chi connectivity index (χ1n) is 9.79. The maximum absolute atomic E-state index is 4.62. The fourth-order valence-corrected chi connectivity index (χ4v) is 3.22. The van der Waals surface area contributed by atoms with Gasteiger partial charge in [0, 0.05) is 17.8 Å². The van der Waals surface area contributed by atoms with Crippen molar-refractivity contribution < 1.29 is 0 Å². The minimum Gasteiger partial charge on any atom is -0.261 e. The van der Waals surface area contributed by atoms with Crippen LogP contribution < -0.4 is 0 Å². The molecule has 0 radical (unpaired) electrons. The van der Waals surface area contributed by atoms with E-state index in [0.29, 0.717) is 5.92 Å². The number of nitrogens with zero attached hydrogens (tertiary/aromatic N) is 1. The molecule has 0 saturated carbocycles. The van der Waals surface area contributed by atoms with Crippen molar-refractivity contribution in [2.75, 3.05) is 0 Å². The Balaban J connectivity index is 2.26. The van der Waals surface area contributed by atoms with Crippen LogP contribution in [0.15, 0.2) is 24.4 Å². The summed E-state index contributed by atoms with van der Waals surface area (Å²) in [6.45, 7) is 4.57. The summed E-state index contributed by atoms with van der Waals surface area (Å²) in [5.74, 6) is 0.689. The van der Waals surface area contributed by atoms with Crippen LogP contribution in [0, 0.1) is 0 Å². The third-order valence-corrected chi connectivity index (χ3v) is 4.67. The Morgan fingerprint density at radius 1 is 0.727 bits per heavy atom. The van der Waals surface area contributed by atoms with Gasteiger partial charge in [0.15, 0.2) is 0 Å². The van der Waals surface area contributed by atoms with Gasteiger partial charge in [0.25, 0.3) is 0 Å². The van der Waals surface area contributed by atoms with Crippen molar-refractivity contribution in [1.29, 1.82) is 0 Å². The summed E-state index contributed by atoms with van der Waals surface area (Å²) in [5.41, 5.74) is 1.32. The van der Waals surface area contributed by atoms with Gasteiger partial charge < -0.3 is 0 Å². The van der Waals surface area contributed by atoms with Crippen LogP contribution in [0.1, 0.15) is 109 Å². The van der Waals surface area contributed by atoms with Gasteiger partial charge in [-0.15, -0.1) is 0 Å². The molecule has 1 heteroatoms. The highest BCUT2D eigenvalue weighted by Gasteiger charge is 2.12. The first kappa shape index (κ1) is 19.2. The molecule has 1 heterocycles. The second-order valence-electron chi connectivity index (χ2n) is 6.71. The Kier molecular flexibility index (Phi) is 12.0. The van der Waals surface area contributed by atoms with E-state index in [1.807, 2.05) is 12.3 Å². The van der Waals surface area contributed by atoms with E-state index in [2.05, 4.69) is 31.0 Å². The summed E-state index contributed by atoms with van der Waals surface area (Å²) < 4.78 is 0. The molecule has 0 aliphatic rings. The molecule has 1 atom stereocenters. The zero-order valence-electron chi connectivity index (χ0n) is 15.0. The Morgan fingerprint density at radius 2 is 1.27 bits per heavy atom. The van der Waals surface area contributed by atoms with Crippen molar-refractivity contribution >= 4 is 0 Å². The van der Waals surface area contributed by atoms with Gasteiger partial charge in [-0.05, 0) is 25.0 Å². The van der Waals surface area contributed by atoms with Crippen LogP contribution in [-0.2, 0) is 0 Å². The smallest absolute Gasteiger partial charge is 0.0434 e. The fraction of sp³-hybridized carbons (Fsp3) is 0.762. The molecule has 0 aliphatic carbocycles. The van der Waals surface area contributed by atoms with Gasteiger partial charge in [-0.3, -0.25) is 4.98 Å². The minimum absolute atomic E-state index is 0.689. The van der Waals surface area contributed by atoms with Crippen molar-refractivity contribution in [1.82, 2.24) is 4.98 Å². The molecular weight excluding hydrogens is 266 g/mol. The monoisotopic (exact) mass is 303 g/mol. The van der Waals surface area contributed by atoms with Crippen LogP contribution in [0.5, 0.6) is 0 Å². The van der Waals surface area contributed by atoms with Crippen LogP contribution in [0.25, 0.3) is 0 Å². The van der Waals surface area contributed by atoms with Crippen LogP contribution >= 0.6 is 0 Å². The summed E-state index contributed by atoms with van der Waals surface area (Å²) in [7, 11) is 0. The normalized spacial score (nSPS) is 12.5. The largest absolute Gasteiger partial charge is 0.261 e. The summed E-state index contributed by atoms with van der Waals surface area (Å²) in [4.78, 5) is 4.62. The predicted molar refractivity (Wildman–Crippen MR) is 98.3 cm³/mol. The molecule has 1 aromatic heterocycles. The van der Waals surface area contributed by atoms with Gasteiger partial charge >= 0.3 is 0 Å². The van der Waals surface area contributed by atoms with Crippen LogP contribution in [0.3, 0.4) is 0 Å². The van der Waals surface area contributed by atoms with Crippen molar-refractivity contribution in [3.05, 3.63) is 30.1 Å². The maximum atomic E-state index is 4.62. The zero-order valence-corrected chi connectivity index (χ0v) is 15.0. The lowest BCUT2D eigenvalue weighted by Gasteiger charge is -2.16. The van der Waals surface area contributed by atoms with Crippen LogP contribution in [0.2, 0.25) is 0 Å². The molecule has 0 saturated heterocycles. The van der Waals surface area contributed by atoms with Gasteiger partial charge in [-0.25, -0.2) is 0 Å². The SMILES string of the molecule is CCCCCCCCCC(CCCCCC)c1ccccn1. The average molecular weight is 304 g/mol. The summed E-state index contributed by atoms with van der Waals surface area (Å²) in [5, 5.41) is 0. The molecule has 1 rings (SSSR count). The number of rotatable bonds is 14. The molecule has 0 amide bonds. The Bertz CT molecular complexity index is 333. The summed E-state index contributed by atoms with van der Waals surface area (Å²) in [6.07, 6.45) is 19.9. The van der Waals surface area contributed by atoms with Crippen molar-refractivity contribution in [3.63, 3.8) is 0 Å². The number of unbranched alkanes of at least 4 members (excludes halogenated alkanes) is 9. The zero-order chi connectivity index (χ0) is 15.9. The average Bonchev–Trinajstić information content (AvgIpc) is 2.56. The van der Waals surface area contributed by atoms with Crippen molar-refractivity contribution in [2.45, 2.75) is 103 Å². The van der Waals surface area contributed by atoms with E-state index in [1.165, 1.54) is 89.2 Å². The van der Waals surface area contributed by atoms with Gasteiger partial charge in [0.1, 0.15) is 0 Å². The predicted octanol–water partition coefficient (Wildman–Crippen LogP) is 7.28. The van der Waals surface area contributed by atoms with Crippen LogP contribution in [-0.4, -0.2) is 4.98 Å². The second kappa shape index (κ2) is 13.8. The van der Waals surface area contributed by atoms with Gasteiger partial charge in [0.2, 0.25) is 0 Å². The number of aromatic nitrogens is 1. The lowest BCUT2D eigenvalue weighted by Crippen LogP contribution is -2.02. The van der Waals surface area contributed by atoms with Gasteiger partial charge in [-0.2, -0.15) is 0 Å². The minimum atomic E-state index is 0.689. The molecule has 1 aromatic rings. The Labute approximate surface area is 138 Å². The molecule has 0 spiro atoms. The van der Waals surface area contributed by atoms with E-state index in [-0.39, 0.29) is 0 Å². The van der Waals surface area contributed by atoms with Gasteiger partial charge in [-0.1, -0.05) is 90.5 Å². The number of hydrogen-bond acceptors (Lipinski definition) is 1. The van der Waals surface area contributed by atoms with Crippen molar-refractivity contribution in [3.8, 4) is 0 Å². The highest BCUT2D eigenvalue weighted by Crippen LogP contribution is 2.27. The molecule has 22 heavy (non-hydrogen) atoms. The first-order valence-corrected chi connectivity index (χ1v) is 9.79. The van der Waals surface area contributed by atoms with E-state index in [4.69, 9.17) is 0 Å². The lowest BCUT2D eigenvalue weighted by atomic mass is 9.91. The molecule has 0 aromatic carbocycles. The van der Waals surface area contributed by atoms with E-state index in [0.717, 1.165) is 0 Å². The third-order valence-electron chi connectivity index (χ3n) is 4.67.